The van der Waals surface area contributed by atoms with Crippen LogP contribution >= 0.6 is 0 Å². The predicted octanol–water partition coefficient (Wildman–Crippen LogP) is 3.21. The Labute approximate surface area is 193 Å². The number of rotatable bonds is 5. The number of aryl methyl sites for hydroxylation is 1. The zero-order chi connectivity index (χ0) is 24.0. The third-order valence-corrected chi connectivity index (χ3v) is 8.47. The predicted molar refractivity (Wildman–Crippen MR) is 129 cm³/mol. The molecule has 0 aliphatic carbocycles. The summed E-state index contributed by atoms with van der Waals surface area (Å²) in [6.45, 7) is 1.49. The number of benzene rings is 3. The molecule has 0 unspecified atom stereocenters. The first kappa shape index (κ1) is 22.8. The highest BCUT2D eigenvalue weighted by Crippen LogP contribution is 2.43. The Morgan fingerprint density at radius 1 is 1.00 bits per heavy atom. The van der Waals surface area contributed by atoms with Crippen molar-refractivity contribution in [1.82, 2.24) is 0 Å². The summed E-state index contributed by atoms with van der Waals surface area (Å²) < 4.78 is 52.5. The Bertz CT molecular complexity index is 1470. The van der Waals surface area contributed by atoms with Crippen LogP contribution in [0.2, 0.25) is 0 Å². The number of hydrogen-bond acceptors (Lipinski definition) is 5. The Balaban J connectivity index is 1.65. The highest BCUT2D eigenvalue weighted by Gasteiger charge is 2.35. The number of sulfonamides is 2. The van der Waals surface area contributed by atoms with Gasteiger partial charge < -0.3 is 5.32 Å². The molecule has 8 nitrogen and oxygen atoms in total. The minimum absolute atomic E-state index is 0.146. The zero-order valence-electron chi connectivity index (χ0n) is 18.3. The van der Waals surface area contributed by atoms with Crippen LogP contribution in [0.4, 0.5) is 17.1 Å². The van der Waals surface area contributed by atoms with Crippen LogP contribution in [0.15, 0.2) is 71.6 Å². The fourth-order valence-corrected chi connectivity index (χ4v) is 5.86. The molecule has 33 heavy (non-hydrogen) atoms. The topological polar surface area (TPSA) is 104 Å². The second kappa shape index (κ2) is 8.20. The summed E-state index contributed by atoms with van der Waals surface area (Å²) in [6, 6.07) is 18.5. The maximum absolute atomic E-state index is 13.4. The first-order valence-electron chi connectivity index (χ1n) is 10.0. The minimum Gasteiger partial charge on any atom is -0.324 e. The van der Waals surface area contributed by atoms with Gasteiger partial charge in [-0.1, -0.05) is 35.9 Å². The van der Waals surface area contributed by atoms with Gasteiger partial charge in [0.1, 0.15) is 6.54 Å². The van der Waals surface area contributed by atoms with E-state index in [0.29, 0.717) is 22.6 Å². The lowest BCUT2D eigenvalue weighted by Crippen LogP contribution is -2.40. The number of carbonyl (C=O) groups excluding carboxylic acids is 1. The van der Waals surface area contributed by atoms with Gasteiger partial charge in [-0.25, -0.2) is 16.8 Å². The monoisotopic (exact) mass is 485 g/mol. The van der Waals surface area contributed by atoms with E-state index in [4.69, 9.17) is 0 Å². The van der Waals surface area contributed by atoms with E-state index in [-0.39, 0.29) is 4.90 Å². The van der Waals surface area contributed by atoms with E-state index in [9.17, 15) is 21.6 Å². The molecule has 0 fully saturated rings. The summed E-state index contributed by atoms with van der Waals surface area (Å²) in [5.74, 6) is -0.552. The largest absolute Gasteiger partial charge is 0.324 e. The summed E-state index contributed by atoms with van der Waals surface area (Å²) in [5, 5.41) is 2.67. The van der Waals surface area contributed by atoms with Crippen LogP contribution in [0.5, 0.6) is 0 Å². The smallest absolute Gasteiger partial charge is 0.265 e. The van der Waals surface area contributed by atoms with Gasteiger partial charge in [0.25, 0.3) is 10.0 Å². The molecule has 1 amide bonds. The van der Waals surface area contributed by atoms with Gasteiger partial charge in [0, 0.05) is 23.9 Å². The molecule has 3 aromatic carbocycles. The average molecular weight is 486 g/mol. The lowest BCUT2D eigenvalue weighted by molar-refractivity contribution is -0.114. The van der Waals surface area contributed by atoms with Crippen molar-refractivity contribution < 1.29 is 21.6 Å². The van der Waals surface area contributed by atoms with Crippen LogP contribution in [0.25, 0.3) is 11.1 Å². The molecule has 1 aliphatic heterocycles. The molecule has 172 valence electrons. The van der Waals surface area contributed by atoms with Crippen molar-refractivity contribution in [3.63, 3.8) is 0 Å². The highest BCUT2D eigenvalue weighted by molar-refractivity contribution is 7.93. The van der Waals surface area contributed by atoms with Gasteiger partial charge in [0.15, 0.2) is 0 Å². The summed E-state index contributed by atoms with van der Waals surface area (Å²) >= 11 is 0. The Morgan fingerprint density at radius 2 is 1.73 bits per heavy atom. The molecule has 1 heterocycles. The number of hydrogen-bond donors (Lipinski definition) is 1. The SMILES string of the molecule is Cc1ccc2c(c1)-c1ccccc1S(=O)(=O)N2CC(=O)Nc1cccc(N(C)S(C)(=O)=O)c1. The van der Waals surface area contributed by atoms with E-state index in [0.717, 1.165) is 26.0 Å². The Kier molecular flexibility index (Phi) is 5.67. The van der Waals surface area contributed by atoms with Crippen LogP contribution in [0, 0.1) is 6.92 Å². The number of amides is 1. The molecule has 0 atom stereocenters. The van der Waals surface area contributed by atoms with Gasteiger partial charge in [-0.3, -0.25) is 13.4 Å². The van der Waals surface area contributed by atoms with Crippen LogP contribution in [0.1, 0.15) is 5.56 Å². The molecule has 0 saturated heterocycles. The molecule has 0 bridgehead atoms. The second-order valence-electron chi connectivity index (χ2n) is 7.86. The molecule has 0 aromatic heterocycles. The van der Waals surface area contributed by atoms with E-state index in [1.54, 1.807) is 48.5 Å². The van der Waals surface area contributed by atoms with Gasteiger partial charge in [-0.05, 0) is 43.3 Å². The molecule has 0 saturated carbocycles. The normalized spacial score (nSPS) is 14.2. The molecule has 1 aliphatic rings. The van der Waals surface area contributed by atoms with Gasteiger partial charge in [0.2, 0.25) is 15.9 Å². The van der Waals surface area contributed by atoms with Crippen molar-refractivity contribution in [2.45, 2.75) is 11.8 Å². The van der Waals surface area contributed by atoms with Crippen molar-refractivity contribution in [2.75, 3.05) is 33.8 Å². The standard InChI is InChI=1S/C23H23N3O5S2/c1-16-11-12-21-20(13-16)19-9-4-5-10-22(19)33(30,31)26(21)15-23(27)24-17-7-6-8-18(14-17)25(2)32(3,28)29/h4-14H,15H2,1-3H3,(H,24,27). The lowest BCUT2D eigenvalue weighted by Gasteiger charge is -2.31. The van der Waals surface area contributed by atoms with Crippen molar-refractivity contribution >= 4 is 43.0 Å². The fraction of sp³-hybridized carbons (Fsp3) is 0.174. The van der Waals surface area contributed by atoms with Gasteiger partial charge >= 0.3 is 0 Å². The number of nitrogens with zero attached hydrogens (tertiary/aromatic N) is 2. The number of anilines is 3. The number of fused-ring (bicyclic) bond motifs is 3. The van der Waals surface area contributed by atoms with Crippen LogP contribution in [0.3, 0.4) is 0 Å². The molecule has 4 rings (SSSR count). The fourth-order valence-electron chi connectivity index (χ4n) is 3.72. The quantitative estimate of drug-likeness (QED) is 0.598. The first-order valence-corrected chi connectivity index (χ1v) is 13.3. The molecule has 0 spiro atoms. The molecule has 10 heteroatoms. The number of nitrogens with one attached hydrogen (secondary N) is 1. The summed E-state index contributed by atoms with van der Waals surface area (Å²) in [5.41, 5.74) is 3.47. The van der Waals surface area contributed by atoms with E-state index >= 15 is 0 Å². The van der Waals surface area contributed by atoms with Crippen molar-refractivity contribution in [3.05, 3.63) is 72.3 Å². The summed E-state index contributed by atoms with van der Waals surface area (Å²) in [6.07, 6.45) is 1.08. The molecular formula is C23H23N3O5S2. The van der Waals surface area contributed by atoms with Crippen molar-refractivity contribution in [1.29, 1.82) is 0 Å². The van der Waals surface area contributed by atoms with Crippen LogP contribution in [-0.4, -0.2) is 42.6 Å². The molecular weight excluding hydrogens is 462 g/mol. The van der Waals surface area contributed by atoms with Crippen molar-refractivity contribution in [3.8, 4) is 11.1 Å². The van der Waals surface area contributed by atoms with Gasteiger partial charge in [-0.15, -0.1) is 0 Å². The first-order chi connectivity index (χ1) is 15.5. The molecule has 0 radical (unpaired) electrons. The van der Waals surface area contributed by atoms with Crippen LogP contribution in [-0.2, 0) is 24.8 Å². The third kappa shape index (κ3) is 4.31. The molecule has 1 N–H and O–H groups in total. The third-order valence-electron chi connectivity index (χ3n) is 5.44. The molecule has 3 aromatic rings. The van der Waals surface area contributed by atoms with E-state index < -0.39 is 32.5 Å². The highest BCUT2D eigenvalue weighted by atomic mass is 32.2. The Hall–Kier alpha value is -3.37. The maximum Gasteiger partial charge on any atom is 0.265 e. The van der Waals surface area contributed by atoms with E-state index in [1.165, 1.54) is 19.2 Å². The summed E-state index contributed by atoms with van der Waals surface area (Å²) in [7, 11) is -6.01. The average Bonchev–Trinajstić information content (AvgIpc) is 2.76. The lowest BCUT2D eigenvalue weighted by atomic mass is 10.0. The van der Waals surface area contributed by atoms with Crippen LogP contribution < -0.4 is 13.9 Å². The van der Waals surface area contributed by atoms with E-state index in [1.807, 2.05) is 13.0 Å². The zero-order valence-corrected chi connectivity index (χ0v) is 19.9. The van der Waals surface area contributed by atoms with Gasteiger partial charge in [0.05, 0.1) is 22.5 Å². The Morgan fingerprint density at radius 3 is 2.45 bits per heavy atom. The van der Waals surface area contributed by atoms with E-state index in [2.05, 4.69) is 5.32 Å². The summed E-state index contributed by atoms with van der Waals surface area (Å²) in [4.78, 5) is 13.0. The minimum atomic E-state index is -3.95. The maximum atomic E-state index is 13.4. The van der Waals surface area contributed by atoms with Gasteiger partial charge in [-0.2, -0.15) is 0 Å². The van der Waals surface area contributed by atoms with Crippen molar-refractivity contribution in [2.24, 2.45) is 0 Å². The second-order valence-corrected chi connectivity index (χ2v) is 11.7. The number of carbonyl (C=O) groups is 1.